The smallest absolute Gasteiger partial charge is 0.170 e. The summed E-state index contributed by atoms with van der Waals surface area (Å²) in [5.74, 6) is -0.165. The van der Waals surface area contributed by atoms with Crippen molar-refractivity contribution >= 4 is 23.0 Å². The van der Waals surface area contributed by atoms with Gasteiger partial charge in [-0.3, -0.25) is 4.90 Å². The first-order chi connectivity index (χ1) is 13.6. The van der Waals surface area contributed by atoms with Gasteiger partial charge in [-0.15, -0.1) is 0 Å². The first-order valence-corrected chi connectivity index (χ1v) is 10.6. The Kier molecular flexibility index (Phi) is 5.93. The number of thiocarbonyl (C=S) groups is 1. The number of hydrogen-bond donors (Lipinski definition) is 2. The maximum absolute atomic E-state index is 13.2. The van der Waals surface area contributed by atoms with Crippen LogP contribution in [0.25, 0.3) is 0 Å². The SMILES string of the molecule is Cc1ccc(NC(=S)NC2C[C@H]3CCC[C@H](C2)N3Cc2ccc(F)cc2)cc1. The average Bonchev–Trinajstić information content (AvgIpc) is 2.66. The minimum Gasteiger partial charge on any atom is -0.360 e. The van der Waals surface area contributed by atoms with Gasteiger partial charge in [-0.2, -0.15) is 0 Å². The Bertz CT molecular complexity index is 792. The van der Waals surface area contributed by atoms with E-state index >= 15 is 0 Å². The molecule has 2 N–H and O–H groups in total. The zero-order valence-electron chi connectivity index (χ0n) is 16.3. The van der Waals surface area contributed by atoms with Gasteiger partial charge in [-0.25, -0.2) is 4.39 Å². The number of benzene rings is 2. The fraction of sp³-hybridized carbons (Fsp3) is 0.435. The minimum atomic E-state index is -0.165. The summed E-state index contributed by atoms with van der Waals surface area (Å²) in [6.45, 7) is 2.99. The molecule has 0 aliphatic carbocycles. The van der Waals surface area contributed by atoms with Crippen LogP contribution in [0.1, 0.15) is 43.2 Å². The number of hydrogen-bond acceptors (Lipinski definition) is 2. The van der Waals surface area contributed by atoms with E-state index in [1.54, 1.807) is 12.1 Å². The summed E-state index contributed by atoms with van der Waals surface area (Å²) in [5.41, 5.74) is 3.46. The van der Waals surface area contributed by atoms with Crippen LogP contribution in [0.2, 0.25) is 0 Å². The van der Waals surface area contributed by atoms with Crippen LogP contribution in [0.3, 0.4) is 0 Å². The van der Waals surface area contributed by atoms with E-state index < -0.39 is 0 Å². The van der Waals surface area contributed by atoms with E-state index in [2.05, 4.69) is 46.7 Å². The second-order valence-corrected chi connectivity index (χ2v) is 8.58. The predicted molar refractivity (Wildman–Crippen MR) is 117 cm³/mol. The number of nitrogens with zero attached hydrogens (tertiary/aromatic N) is 1. The topological polar surface area (TPSA) is 27.3 Å². The Morgan fingerprint density at radius 1 is 1.04 bits per heavy atom. The Labute approximate surface area is 172 Å². The molecule has 3 nitrogen and oxygen atoms in total. The number of nitrogens with one attached hydrogen (secondary N) is 2. The predicted octanol–water partition coefficient (Wildman–Crippen LogP) is 5.01. The zero-order chi connectivity index (χ0) is 19.5. The largest absolute Gasteiger partial charge is 0.360 e. The highest BCUT2D eigenvalue weighted by atomic mass is 32.1. The molecule has 0 saturated carbocycles. The van der Waals surface area contributed by atoms with Gasteiger partial charge in [0.25, 0.3) is 0 Å². The quantitative estimate of drug-likeness (QED) is 0.710. The molecule has 148 valence electrons. The highest BCUT2D eigenvalue weighted by molar-refractivity contribution is 7.80. The van der Waals surface area contributed by atoms with Gasteiger partial charge in [0, 0.05) is 30.4 Å². The van der Waals surface area contributed by atoms with Crippen molar-refractivity contribution in [3.63, 3.8) is 0 Å². The van der Waals surface area contributed by atoms with Crippen LogP contribution in [-0.4, -0.2) is 28.1 Å². The molecule has 2 aliphatic heterocycles. The molecule has 0 radical (unpaired) electrons. The molecule has 28 heavy (non-hydrogen) atoms. The molecule has 2 aliphatic rings. The lowest BCUT2D eigenvalue weighted by atomic mass is 9.81. The molecule has 0 amide bonds. The number of piperidine rings is 2. The summed E-state index contributed by atoms with van der Waals surface area (Å²) >= 11 is 5.56. The van der Waals surface area contributed by atoms with E-state index in [4.69, 9.17) is 12.2 Å². The van der Waals surface area contributed by atoms with Crippen LogP contribution in [0, 0.1) is 12.7 Å². The Morgan fingerprint density at radius 2 is 1.68 bits per heavy atom. The van der Waals surface area contributed by atoms with E-state index in [1.807, 2.05) is 12.1 Å². The number of aryl methyl sites for hydroxylation is 1. The monoisotopic (exact) mass is 397 g/mol. The third-order valence-corrected chi connectivity index (χ3v) is 6.27. The standard InChI is InChI=1S/C23H28FN3S/c1-16-5-11-19(12-6-16)25-23(28)26-20-13-21-3-2-4-22(14-20)27(21)15-17-7-9-18(24)10-8-17/h5-12,20-22H,2-4,13-15H2,1H3,(H2,25,26,28)/t21-,22-/m1/s1. The summed E-state index contributed by atoms with van der Waals surface area (Å²) in [6, 6.07) is 16.8. The fourth-order valence-corrected chi connectivity index (χ4v) is 4.93. The molecule has 2 bridgehead atoms. The molecule has 2 aromatic carbocycles. The Morgan fingerprint density at radius 3 is 2.32 bits per heavy atom. The summed E-state index contributed by atoms with van der Waals surface area (Å²) in [4.78, 5) is 2.63. The fourth-order valence-electron chi connectivity index (χ4n) is 4.64. The van der Waals surface area contributed by atoms with Gasteiger partial charge in [-0.05, 0) is 74.7 Å². The molecule has 0 unspecified atom stereocenters. The lowest BCUT2D eigenvalue weighted by molar-refractivity contribution is 0.0211. The van der Waals surface area contributed by atoms with Crippen molar-refractivity contribution in [3.8, 4) is 0 Å². The second kappa shape index (κ2) is 8.58. The van der Waals surface area contributed by atoms with Crippen LogP contribution in [0.15, 0.2) is 48.5 Å². The van der Waals surface area contributed by atoms with Crippen LogP contribution in [-0.2, 0) is 6.54 Å². The van der Waals surface area contributed by atoms with Crippen molar-refractivity contribution in [2.24, 2.45) is 0 Å². The molecule has 0 aromatic heterocycles. The van der Waals surface area contributed by atoms with Gasteiger partial charge in [0.15, 0.2) is 5.11 Å². The van der Waals surface area contributed by atoms with Crippen molar-refractivity contribution in [3.05, 3.63) is 65.5 Å². The van der Waals surface area contributed by atoms with Gasteiger partial charge < -0.3 is 10.6 Å². The van der Waals surface area contributed by atoms with E-state index in [0.717, 1.165) is 25.1 Å². The second-order valence-electron chi connectivity index (χ2n) is 8.17. The van der Waals surface area contributed by atoms with Gasteiger partial charge in [0.1, 0.15) is 5.82 Å². The molecule has 2 fully saturated rings. The Balaban J connectivity index is 1.35. The first kappa shape index (κ1) is 19.3. The summed E-state index contributed by atoms with van der Waals surface area (Å²) in [5, 5.41) is 7.56. The van der Waals surface area contributed by atoms with Gasteiger partial charge in [0.05, 0.1) is 0 Å². The first-order valence-electron chi connectivity index (χ1n) is 10.2. The number of anilines is 1. The molecule has 2 heterocycles. The van der Waals surface area contributed by atoms with Gasteiger partial charge in [-0.1, -0.05) is 36.2 Å². The lowest BCUT2D eigenvalue weighted by Crippen LogP contribution is -2.56. The zero-order valence-corrected chi connectivity index (χ0v) is 17.1. The molecule has 2 saturated heterocycles. The third kappa shape index (κ3) is 4.70. The Hall–Kier alpha value is -1.98. The number of halogens is 1. The lowest BCUT2D eigenvalue weighted by Gasteiger charge is -2.49. The molecule has 4 rings (SSSR count). The van der Waals surface area contributed by atoms with Gasteiger partial charge in [0.2, 0.25) is 0 Å². The number of fused-ring (bicyclic) bond motifs is 2. The van der Waals surface area contributed by atoms with E-state index in [9.17, 15) is 4.39 Å². The van der Waals surface area contributed by atoms with E-state index in [-0.39, 0.29) is 5.82 Å². The highest BCUT2D eigenvalue weighted by Gasteiger charge is 2.38. The van der Waals surface area contributed by atoms with Crippen LogP contribution >= 0.6 is 12.2 Å². The van der Waals surface area contributed by atoms with Crippen LogP contribution in [0.4, 0.5) is 10.1 Å². The molecular weight excluding hydrogens is 369 g/mol. The van der Waals surface area contributed by atoms with Crippen molar-refractivity contribution in [2.45, 2.75) is 63.7 Å². The van der Waals surface area contributed by atoms with E-state index in [1.165, 1.54) is 30.4 Å². The maximum atomic E-state index is 13.2. The van der Waals surface area contributed by atoms with E-state index in [0.29, 0.717) is 23.2 Å². The molecule has 5 heteroatoms. The number of rotatable bonds is 4. The summed E-state index contributed by atoms with van der Waals surface area (Å²) < 4.78 is 13.2. The van der Waals surface area contributed by atoms with Crippen molar-refractivity contribution in [1.82, 2.24) is 10.2 Å². The molecule has 2 atom stereocenters. The maximum Gasteiger partial charge on any atom is 0.170 e. The van der Waals surface area contributed by atoms with Crippen molar-refractivity contribution in [2.75, 3.05) is 5.32 Å². The summed E-state index contributed by atoms with van der Waals surface area (Å²) in [7, 11) is 0. The van der Waals surface area contributed by atoms with Gasteiger partial charge >= 0.3 is 0 Å². The molecule has 2 aromatic rings. The summed E-state index contributed by atoms with van der Waals surface area (Å²) in [6.07, 6.45) is 5.97. The normalized spacial score (nSPS) is 24.6. The molecule has 0 spiro atoms. The average molecular weight is 398 g/mol. The van der Waals surface area contributed by atoms with Crippen LogP contribution < -0.4 is 10.6 Å². The third-order valence-electron chi connectivity index (χ3n) is 6.05. The van der Waals surface area contributed by atoms with Crippen LogP contribution in [0.5, 0.6) is 0 Å². The van der Waals surface area contributed by atoms with Crippen molar-refractivity contribution < 1.29 is 4.39 Å². The minimum absolute atomic E-state index is 0.165. The molecular formula is C23H28FN3S. The van der Waals surface area contributed by atoms with Crippen molar-refractivity contribution in [1.29, 1.82) is 0 Å². The highest BCUT2D eigenvalue weighted by Crippen LogP contribution is 2.35.